The molecular formula is C44H87O8P. The summed E-state index contributed by atoms with van der Waals surface area (Å²) < 4.78 is 26.5. The number of hydrogen-bond donors (Lipinski definition) is 2. The molecule has 0 rings (SSSR count). The zero-order valence-corrected chi connectivity index (χ0v) is 36.2. The first-order valence-corrected chi connectivity index (χ1v) is 24.1. The van der Waals surface area contributed by atoms with Crippen molar-refractivity contribution in [3.63, 3.8) is 0 Å². The summed E-state index contributed by atoms with van der Waals surface area (Å²) in [6, 6.07) is 0. The SMILES string of the molecule is CCC(C)CCCCCCCCCCCCCCCCC(=O)OC[C@H](COP(=O)(O)O)OC(=O)CCCCCCCCCCCCCCCCC(C)C. The smallest absolute Gasteiger partial charge is 0.462 e. The summed E-state index contributed by atoms with van der Waals surface area (Å²) in [6.45, 7) is 8.44. The molecule has 0 aliphatic heterocycles. The van der Waals surface area contributed by atoms with Crippen molar-refractivity contribution >= 4 is 19.8 Å². The summed E-state index contributed by atoms with van der Waals surface area (Å²) in [6.07, 6.45) is 38.2. The van der Waals surface area contributed by atoms with E-state index < -0.39 is 32.5 Å². The number of phosphoric acid groups is 1. The topological polar surface area (TPSA) is 119 Å². The maximum absolute atomic E-state index is 12.4. The fraction of sp³-hybridized carbons (Fsp3) is 0.955. The van der Waals surface area contributed by atoms with E-state index in [1.807, 2.05) is 0 Å². The van der Waals surface area contributed by atoms with Crippen molar-refractivity contribution in [2.45, 2.75) is 246 Å². The van der Waals surface area contributed by atoms with Crippen molar-refractivity contribution in [2.75, 3.05) is 13.2 Å². The largest absolute Gasteiger partial charge is 0.469 e. The van der Waals surface area contributed by atoms with Crippen molar-refractivity contribution in [1.82, 2.24) is 0 Å². The lowest BCUT2D eigenvalue weighted by Crippen LogP contribution is -2.29. The van der Waals surface area contributed by atoms with Crippen LogP contribution in [-0.4, -0.2) is 41.0 Å². The Labute approximate surface area is 327 Å². The molecular weight excluding hydrogens is 687 g/mol. The third-order valence-corrected chi connectivity index (χ3v) is 11.1. The molecule has 0 fully saturated rings. The van der Waals surface area contributed by atoms with Crippen molar-refractivity contribution < 1.29 is 37.9 Å². The fourth-order valence-corrected chi connectivity index (χ4v) is 7.19. The van der Waals surface area contributed by atoms with Crippen LogP contribution in [0.5, 0.6) is 0 Å². The second kappa shape index (κ2) is 37.9. The molecule has 0 aromatic carbocycles. The van der Waals surface area contributed by atoms with Crippen molar-refractivity contribution in [3.8, 4) is 0 Å². The van der Waals surface area contributed by atoms with Gasteiger partial charge in [0.15, 0.2) is 6.10 Å². The Hall–Kier alpha value is -0.950. The van der Waals surface area contributed by atoms with Crippen LogP contribution in [-0.2, 0) is 28.2 Å². The maximum atomic E-state index is 12.4. The van der Waals surface area contributed by atoms with Gasteiger partial charge in [-0.2, -0.15) is 0 Å². The van der Waals surface area contributed by atoms with Crippen LogP contribution in [0.2, 0.25) is 0 Å². The molecule has 2 N–H and O–H groups in total. The third kappa shape index (κ3) is 42.0. The van der Waals surface area contributed by atoms with Crippen LogP contribution >= 0.6 is 7.82 Å². The molecule has 9 heteroatoms. The second-order valence-corrected chi connectivity index (χ2v) is 17.7. The van der Waals surface area contributed by atoms with Gasteiger partial charge < -0.3 is 19.3 Å². The van der Waals surface area contributed by atoms with Crippen LogP contribution in [0, 0.1) is 11.8 Å². The zero-order chi connectivity index (χ0) is 39.3. The summed E-state index contributed by atoms with van der Waals surface area (Å²) in [4.78, 5) is 42.9. The van der Waals surface area contributed by atoms with Gasteiger partial charge in [0.1, 0.15) is 6.61 Å². The van der Waals surface area contributed by atoms with Gasteiger partial charge in [0.05, 0.1) is 6.61 Å². The highest BCUT2D eigenvalue weighted by Gasteiger charge is 2.23. The molecule has 2 atom stereocenters. The number of carbonyl (C=O) groups is 2. The minimum Gasteiger partial charge on any atom is -0.462 e. The van der Waals surface area contributed by atoms with Crippen LogP contribution in [0.3, 0.4) is 0 Å². The molecule has 8 nitrogen and oxygen atoms in total. The van der Waals surface area contributed by atoms with Gasteiger partial charge in [0, 0.05) is 12.8 Å². The van der Waals surface area contributed by atoms with Gasteiger partial charge in [0.25, 0.3) is 0 Å². The Morgan fingerprint density at radius 1 is 0.491 bits per heavy atom. The lowest BCUT2D eigenvalue weighted by Gasteiger charge is -2.18. The molecule has 0 radical (unpaired) electrons. The molecule has 0 aromatic rings. The number of unbranched alkanes of at least 4 members (excludes halogenated alkanes) is 26. The normalized spacial score (nSPS) is 13.0. The van der Waals surface area contributed by atoms with Crippen LogP contribution in [0.25, 0.3) is 0 Å². The first kappa shape index (κ1) is 52.0. The van der Waals surface area contributed by atoms with Gasteiger partial charge in [-0.1, -0.05) is 214 Å². The lowest BCUT2D eigenvalue weighted by molar-refractivity contribution is -0.161. The van der Waals surface area contributed by atoms with Crippen molar-refractivity contribution in [2.24, 2.45) is 11.8 Å². The summed E-state index contributed by atoms with van der Waals surface area (Å²) in [5.74, 6) is 0.847. The van der Waals surface area contributed by atoms with E-state index in [1.54, 1.807) is 0 Å². The van der Waals surface area contributed by atoms with E-state index in [-0.39, 0.29) is 19.4 Å². The van der Waals surface area contributed by atoms with Gasteiger partial charge in [-0.25, -0.2) is 4.57 Å². The van der Waals surface area contributed by atoms with Gasteiger partial charge >= 0.3 is 19.8 Å². The molecule has 0 aliphatic carbocycles. The highest BCUT2D eigenvalue weighted by Crippen LogP contribution is 2.36. The summed E-state index contributed by atoms with van der Waals surface area (Å²) >= 11 is 0. The molecule has 0 heterocycles. The fourth-order valence-electron chi connectivity index (χ4n) is 6.83. The van der Waals surface area contributed by atoms with E-state index in [4.69, 9.17) is 19.3 Å². The first-order chi connectivity index (χ1) is 25.5. The standard InChI is InChI=1S/C44H87O8P/c1-5-41(4)35-31-27-23-19-15-11-7-9-12-16-20-24-28-32-36-43(45)50-38-42(39-51-53(47,48)49)52-44(46)37-33-29-25-21-17-13-8-6-10-14-18-22-26-30-34-40(2)3/h40-42H,5-39H2,1-4H3,(H2,47,48,49)/t41?,42-/m1/s1. The minimum atomic E-state index is -4.75. The monoisotopic (exact) mass is 775 g/mol. The van der Waals surface area contributed by atoms with Crippen LogP contribution in [0.1, 0.15) is 240 Å². The van der Waals surface area contributed by atoms with Gasteiger partial charge in [-0.05, 0) is 24.7 Å². The molecule has 316 valence electrons. The van der Waals surface area contributed by atoms with E-state index in [1.165, 1.54) is 161 Å². The minimum absolute atomic E-state index is 0.219. The molecule has 0 aromatic heterocycles. The van der Waals surface area contributed by atoms with Crippen molar-refractivity contribution in [1.29, 1.82) is 0 Å². The predicted octanol–water partition coefficient (Wildman–Crippen LogP) is 13.7. The molecule has 0 saturated heterocycles. The first-order valence-electron chi connectivity index (χ1n) is 22.6. The third-order valence-electron chi connectivity index (χ3n) is 10.6. The molecule has 0 bridgehead atoms. The molecule has 0 amide bonds. The molecule has 0 saturated carbocycles. The van der Waals surface area contributed by atoms with E-state index >= 15 is 0 Å². The van der Waals surface area contributed by atoms with E-state index in [0.29, 0.717) is 6.42 Å². The molecule has 0 spiro atoms. The lowest BCUT2D eigenvalue weighted by atomic mass is 9.99. The Balaban J connectivity index is 3.84. The summed E-state index contributed by atoms with van der Waals surface area (Å²) in [5.41, 5.74) is 0. The van der Waals surface area contributed by atoms with Gasteiger partial charge in [-0.3, -0.25) is 14.1 Å². The highest BCUT2D eigenvalue weighted by atomic mass is 31.2. The predicted molar refractivity (Wildman–Crippen MR) is 221 cm³/mol. The Bertz CT molecular complexity index is 860. The van der Waals surface area contributed by atoms with Gasteiger partial charge in [0.2, 0.25) is 0 Å². The number of carbonyl (C=O) groups excluding carboxylic acids is 2. The zero-order valence-electron chi connectivity index (χ0n) is 35.3. The number of ether oxygens (including phenoxy) is 2. The Morgan fingerprint density at radius 2 is 0.830 bits per heavy atom. The number of esters is 2. The maximum Gasteiger partial charge on any atom is 0.469 e. The molecule has 53 heavy (non-hydrogen) atoms. The average Bonchev–Trinajstić information content (AvgIpc) is 3.11. The molecule has 1 unspecified atom stereocenters. The van der Waals surface area contributed by atoms with Gasteiger partial charge in [-0.15, -0.1) is 0 Å². The summed E-state index contributed by atoms with van der Waals surface area (Å²) in [7, 11) is -4.75. The number of rotatable bonds is 41. The van der Waals surface area contributed by atoms with Crippen LogP contribution in [0.15, 0.2) is 0 Å². The Kier molecular flexibility index (Phi) is 37.3. The van der Waals surface area contributed by atoms with E-state index in [0.717, 1.165) is 43.9 Å². The Morgan fingerprint density at radius 3 is 1.19 bits per heavy atom. The van der Waals surface area contributed by atoms with Crippen molar-refractivity contribution in [3.05, 3.63) is 0 Å². The second-order valence-electron chi connectivity index (χ2n) is 16.5. The number of hydrogen-bond acceptors (Lipinski definition) is 6. The summed E-state index contributed by atoms with van der Waals surface area (Å²) in [5, 5.41) is 0. The van der Waals surface area contributed by atoms with E-state index in [2.05, 4.69) is 32.2 Å². The van der Waals surface area contributed by atoms with Crippen LogP contribution < -0.4 is 0 Å². The van der Waals surface area contributed by atoms with E-state index in [9.17, 15) is 14.2 Å². The highest BCUT2D eigenvalue weighted by molar-refractivity contribution is 7.46. The van der Waals surface area contributed by atoms with Crippen LogP contribution in [0.4, 0.5) is 0 Å². The molecule has 0 aliphatic rings. The quantitative estimate of drug-likeness (QED) is 0.0358. The number of phosphoric ester groups is 1. The average molecular weight is 775 g/mol.